The summed E-state index contributed by atoms with van der Waals surface area (Å²) in [6.45, 7) is 3.36. The van der Waals surface area contributed by atoms with Crippen molar-refractivity contribution >= 4 is 12.0 Å². The molecule has 0 saturated carbocycles. The lowest BCUT2D eigenvalue weighted by atomic mass is 9.95. The van der Waals surface area contributed by atoms with E-state index in [0.717, 1.165) is 44.6 Å². The van der Waals surface area contributed by atoms with Gasteiger partial charge in [0.25, 0.3) is 5.91 Å². The smallest absolute Gasteiger partial charge is 0.274 e. The fraction of sp³-hybridized carbons (Fsp3) is 0.381. The van der Waals surface area contributed by atoms with E-state index in [1.54, 1.807) is 30.7 Å². The zero-order valence-corrected chi connectivity index (χ0v) is 15.2. The summed E-state index contributed by atoms with van der Waals surface area (Å²) in [6.07, 6.45) is 11.1. The fourth-order valence-corrected chi connectivity index (χ4v) is 4.04. The van der Waals surface area contributed by atoms with Crippen LogP contribution in [0.2, 0.25) is 0 Å². The van der Waals surface area contributed by atoms with Crippen molar-refractivity contribution < 1.29 is 9.18 Å². The van der Waals surface area contributed by atoms with E-state index in [-0.39, 0.29) is 11.7 Å². The lowest BCUT2D eigenvalue weighted by Gasteiger charge is -2.35. The van der Waals surface area contributed by atoms with Crippen molar-refractivity contribution in [1.29, 1.82) is 0 Å². The van der Waals surface area contributed by atoms with Gasteiger partial charge < -0.3 is 4.90 Å². The Balaban J connectivity index is 1.41. The van der Waals surface area contributed by atoms with Crippen molar-refractivity contribution in [2.24, 2.45) is 5.92 Å². The van der Waals surface area contributed by atoms with Crippen molar-refractivity contribution in [3.63, 3.8) is 0 Å². The molecular formula is C21H23FN4O. The summed E-state index contributed by atoms with van der Waals surface area (Å²) in [7, 11) is 0. The molecule has 3 fully saturated rings. The first-order valence-corrected chi connectivity index (χ1v) is 9.40. The Kier molecular flexibility index (Phi) is 5.25. The molecule has 0 aliphatic carbocycles. The minimum absolute atomic E-state index is 0.0243. The van der Waals surface area contributed by atoms with Crippen LogP contribution in [0.1, 0.15) is 28.9 Å². The monoisotopic (exact) mass is 366 g/mol. The summed E-state index contributed by atoms with van der Waals surface area (Å²) in [5.74, 6) is 0.247. The Bertz CT molecular complexity index is 809. The van der Waals surface area contributed by atoms with E-state index >= 15 is 0 Å². The number of piperidine rings is 1. The predicted molar refractivity (Wildman–Crippen MR) is 101 cm³/mol. The van der Waals surface area contributed by atoms with Crippen LogP contribution < -0.4 is 0 Å². The van der Waals surface area contributed by atoms with Crippen LogP contribution in [-0.2, 0) is 0 Å². The van der Waals surface area contributed by atoms with Gasteiger partial charge in [-0.3, -0.25) is 14.7 Å². The number of carbonyl (C=O) groups is 1. The van der Waals surface area contributed by atoms with E-state index in [1.165, 1.54) is 12.1 Å². The van der Waals surface area contributed by atoms with E-state index in [4.69, 9.17) is 0 Å². The van der Waals surface area contributed by atoms with Crippen LogP contribution in [0.3, 0.4) is 0 Å². The first-order valence-electron chi connectivity index (χ1n) is 9.40. The van der Waals surface area contributed by atoms with Crippen LogP contribution in [0.4, 0.5) is 4.39 Å². The molecule has 3 aliphatic heterocycles. The van der Waals surface area contributed by atoms with Gasteiger partial charge in [-0.2, -0.15) is 0 Å². The molecule has 2 aromatic rings. The van der Waals surface area contributed by atoms with E-state index < -0.39 is 0 Å². The maximum absolute atomic E-state index is 13.0. The molecule has 4 heterocycles. The molecule has 0 spiro atoms. The molecule has 5 nitrogen and oxygen atoms in total. The number of fused-ring (bicyclic) bond motifs is 4. The predicted octanol–water partition coefficient (Wildman–Crippen LogP) is 2.87. The Labute approximate surface area is 158 Å². The highest BCUT2D eigenvalue weighted by molar-refractivity contribution is 5.92. The molecule has 27 heavy (non-hydrogen) atoms. The van der Waals surface area contributed by atoms with Gasteiger partial charge in [0.1, 0.15) is 11.5 Å². The number of nitrogens with zero attached hydrogens (tertiary/aromatic N) is 4. The zero-order valence-electron chi connectivity index (χ0n) is 15.2. The van der Waals surface area contributed by atoms with Gasteiger partial charge in [-0.15, -0.1) is 0 Å². The van der Waals surface area contributed by atoms with Crippen molar-refractivity contribution in [1.82, 2.24) is 19.8 Å². The average molecular weight is 366 g/mol. The lowest BCUT2D eigenvalue weighted by molar-refractivity contribution is 0.0734. The van der Waals surface area contributed by atoms with Gasteiger partial charge in [-0.1, -0.05) is 24.3 Å². The molecule has 0 N–H and O–H groups in total. The van der Waals surface area contributed by atoms with Crippen molar-refractivity contribution in [3.8, 4) is 0 Å². The summed E-state index contributed by atoms with van der Waals surface area (Å²) in [6, 6.07) is 6.87. The standard InChI is InChI=1S/C21H23FN4O/c22-18-6-3-16(4-7-18)2-1-11-25-13-17-5-8-19(25)15-26(14-17)21(27)20-12-23-9-10-24-20/h1-4,6-7,9-10,12,17,19H,5,8,11,13-15H2/b2-1+/t17-,19-/m1/s1. The van der Waals surface area contributed by atoms with Crippen LogP contribution in [0.5, 0.6) is 0 Å². The topological polar surface area (TPSA) is 49.3 Å². The van der Waals surface area contributed by atoms with Gasteiger partial charge in [0, 0.05) is 44.6 Å². The Morgan fingerprint density at radius 3 is 2.78 bits per heavy atom. The maximum Gasteiger partial charge on any atom is 0.274 e. The Morgan fingerprint density at radius 2 is 2.00 bits per heavy atom. The SMILES string of the molecule is O=C(c1cnccn1)N1C[C@@H]2CC[C@H](C1)N(C/C=C/c1ccc(F)cc1)C2. The quantitative estimate of drug-likeness (QED) is 0.835. The number of hydrogen-bond acceptors (Lipinski definition) is 4. The second-order valence-electron chi connectivity index (χ2n) is 7.31. The Hall–Kier alpha value is -2.60. The van der Waals surface area contributed by atoms with Crippen molar-refractivity contribution in [2.45, 2.75) is 18.9 Å². The molecule has 2 bridgehead atoms. The molecule has 6 heteroatoms. The molecule has 3 saturated heterocycles. The number of hydrogen-bond donors (Lipinski definition) is 0. The normalized spacial score (nSPS) is 22.9. The third-order valence-corrected chi connectivity index (χ3v) is 5.42. The van der Waals surface area contributed by atoms with Crippen LogP contribution in [0.25, 0.3) is 6.08 Å². The number of rotatable bonds is 4. The molecule has 2 atom stereocenters. The summed E-state index contributed by atoms with van der Waals surface area (Å²) in [5.41, 5.74) is 1.41. The summed E-state index contributed by atoms with van der Waals surface area (Å²) in [4.78, 5) is 25.3. The van der Waals surface area contributed by atoms with E-state index in [0.29, 0.717) is 17.7 Å². The van der Waals surface area contributed by atoms with E-state index in [2.05, 4.69) is 20.9 Å². The maximum atomic E-state index is 13.0. The minimum atomic E-state index is -0.218. The highest BCUT2D eigenvalue weighted by Gasteiger charge is 2.36. The van der Waals surface area contributed by atoms with Crippen molar-refractivity contribution in [3.05, 3.63) is 66.0 Å². The van der Waals surface area contributed by atoms with Gasteiger partial charge in [-0.25, -0.2) is 9.37 Å². The van der Waals surface area contributed by atoms with E-state index in [1.807, 2.05) is 11.0 Å². The summed E-state index contributed by atoms with van der Waals surface area (Å²) in [5, 5.41) is 0. The first-order chi connectivity index (χ1) is 13.2. The summed E-state index contributed by atoms with van der Waals surface area (Å²) >= 11 is 0. The molecule has 1 aromatic carbocycles. The molecule has 140 valence electrons. The highest BCUT2D eigenvalue weighted by atomic mass is 19.1. The number of aromatic nitrogens is 2. The summed E-state index contributed by atoms with van der Waals surface area (Å²) < 4.78 is 13.0. The van der Waals surface area contributed by atoms with Crippen molar-refractivity contribution in [2.75, 3.05) is 26.2 Å². The molecule has 0 radical (unpaired) electrons. The third-order valence-electron chi connectivity index (χ3n) is 5.42. The van der Waals surface area contributed by atoms with Gasteiger partial charge in [0.05, 0.1) is 6.20 Å². The fourth-order valence-electron chi connectivity index (χ4n) is 4.04. The second kappa shape index (κ2) is 7.96. The number of carbonyl (C=O) groups excluding carboxylic acids is 1. The van der Waals surface area contributed by atoms with Gasteiger partial charge in [0.15, 0.2) is 0 Å². The van der Waals surface area contributed by atoms with Gasteiger partial charge in [0.2, 0.25) is 0 Å². The molecule has 1 aromatic heterocycles. The highest BCUT2D eigenvalue weighted by Crippen LogP contribution is 2.28. The first kappa shape index (κ1) is 17.8. The van der Waals surface area contributed by atoms with Crippen LogP contribution in [0.15, 0.2) is 48.9 Å². The Morgan fingerprint density at radius 1 is 1.15 bits per heavy atom. The molecule has 0 unspecified atom stereocenters. The van der Waals surface area contributed by atoms with E-state index in [9.17, 15) is 9.18 Å². The minimum Gasteiger partial charge on any atom is -0.335 e. The number of halogens is 1. The molecule has 3 aliphatic rings. The largest absolute Gasteiger partial charge is 0.335 e. The molecule has 1 amide bonds. The zero-order chi connectivity index (χ0) is 18.6. The van der Waals surface area contributed by atoms with Crippen LogP contribution in [0, 0.1) is 11.7 Å². The third kappa shape index (κ3) is 4.22. The average Bonchev–Trinajstić information content (AvgIpc) is 3.01. The lowest BCUT2D eigenvalue weighted by Crippen LogP contribution is -2.44. The number of benzene rings is 1. The van der Waals surface area contributed by atoms with Gasteiger partial charge in [-0.05, 0) is 36.5 Å². The van der Waals surface area contributed by atoms with Crippen LogP contribution in [-0.4, -0.2) is 57.9 Å². The van der Waals surface area contributed by atoms with Crippen LogP contribution >= 0.6 is 0 Å². The van der Waals surface area contributed by atoms with Gasteiger partial charge >= 0.3 is 0 Å². The molecular weight excluding hydrogens is 343 g/mol. The molecule has 5 rings (SSSR count). The number of amides is 1. The second-order valence-corrected chi connectivity index (χ2v) is 7.31.